The van der Waals surface area contributed by atoms with E-state index in [4.69, 9.17) is 11.6 Å². The quantitative estimate of drug-likeness (QED) is 0.412. The number of nitrogens with zero attached hydrogens (tertiary/aromatic N) is 1. The second-order valence-corrected chi connectivity index (χ2v) is 4.27. The van der Waals surface area contributed by atoms with Crippen molar-refractivity contribution in [1.29, 1.82) is 0 Å². The van der Waals surface area contributed by atoms with Gasteiger partial charge in [0.05, 0.1) is 7.11 Å². The topological polar surface area (TPSA) is 41.6 Å². The molecule has 1 saturated heterocycles. The third-order valence-corrected chi connectivity index (χ3v) is 2.92. The number of esters is 1. The van der Waals surface area contributed by atoms with Gasteiger partial charge < -0.3 is 15.0 Å². The van der Waals surface area contributed by atoms with Crippen molar-refractivity contribution in [2.45, 2.75) is 18.2 Å². The summed E-state index contributed by atoms with van der Waals surface area (Å²) in [6.45, 7) is 4.78. The molecule has 15 heavy (non-hydrogen) atoms. The molecular weight excluding hydrogens is 216 g/mol. The Morgan fingerprint density at radius 3 is 2.80 bits per heavy atom. The highest BCUT2D eigenvalue weighted by molar-refractivity contribution is 6.30. The van der Waals surface area contributed by atoms with Crippen LogP contribution in [0.3, 0.4) is 0 Å². The smallest absolute Gasteiger partial charge is 0.325 e. The van der Waals surface area contributed by atoms with E-state index < -0.39 is 5.38 Å². The minimum atomic E-state index is -0.575. The van der Waals surface area contributed by atoms with Gasteiger partial charge in [0.25, 0.3) is 0 Å². The number of rotatable bonds is 6. The van der Waals surface area contributed by atoms with Gasteiger partial charge in [-0.15, -0.1) is 11.6 Å². The van der Waals surface area contributed by atoms with E-state index in [1.165, 1.54) is 33.0 Å². The zero-order valence-corrected chi connectivity index (χ0v) is 9.92. The maximum atomic E-state index is 11.0. The molecule has 1 aliphatic heterocycles. The van der Waals surface area contributed by atoms with Crippen molar-refractivity contribution >= 4 is 17.6 Å². The first kappa shape index (κ1) is 12.7. The maximum absolute atomic E-state index is 11.0. The zero-order valence-electron chi connectivity index (χ0n) is 9.17. The van der Waals surface area contributed by atoms with E-state index in [0.29, 0.717) is 6.54 Å². The Hall–Kier alpha value is -0.320. The summed E-state index contributed by atoms with van der Waals surface area (Å²) < 4.78 is 4.52. The normalized spacial score (nSPS) is 19.1. The summed E-state index contributed by atoms with van der Waals surface area (Å²) in [6, 6.07) is 0. The Morgan fingerprint density at radius 2 is 2.20 bits per heavy atom. The molecule has 1 unspecified atom stereocenters. The van der Waals surface area contributed by atoms with Crippen molar-refractivity contribution in [3.63, 3.8) is 0 Å². The van der Waals surface area contributed by atoms with Gasteiger partial charge in [-0.05, 0) is 25.9 Å². The molecule has 0 spiro atoms. The molecule has 88 valence electrons. The van der Waals surface area contributed by atoms with Gasteiger partial charge in [0.1, 0.15) is 5.38 Å². The monoisotopic (exact) mass is 234 g/mol. The van der Waals surface area contributed by atoms with Crippen LogP contribution in [0.5, 0.6) is 0 Å². The van der Waals surface area contributed by atoms with Gasteiger partial charge in [-0.25, -0.2) is 0 Å². The number of hydrogen-bond donors (Lipinski definition) is 1. The van der Waals surface area contributed by atoms with Crippen LogP contribution in [0.2, 0.25) is 0 Å². The van der Waals surface area contributed by atoms with Crippen LogP contribution in [-0.4, -0.2) is 56.1 Å². The minimum absolute atomic E-state index is 0.370. The van der Waals surface area contributed by atoms with Gasteiger partial charge in [-0.2, -0.15) is 0 Å². The van der Waals surface area contributed by atoms with Crippen LogP contribution in [0.1, 0.15) is 12.8 Å². The number of hydrogen-bond acceptors (Lipinski definition) is 4. The number of carbonyl (C=O) groups excluding carboxylic acids is 1. The van der Waals surface area contributed by atoms with E-state index in [9.17, 15) is 4.79 Å². The molecular formula is C10H19ClN2O2. The molecule has 1 fully saturated rings. The summed E-state index contributed by atoms with van der Waals surface area (Å²) in [5.41, 5.74) is 0. The Morgan fingerprint density at radius 1 is 1.53 bits per heavy atom. The molecule has 0 bridgehead atoms. The van der Waals surface area contributed by atoms with Crippen molar-refractivity contribution in [2.24, 2.45) is 0 Å². The molecule has 1 aliphatic rings. The lowest BCUT2D eigenvalue weighted by molar-refractivity contribution is -0.140. The number of carbonyl (C=O) groups is 1. The molecule has 1 N–H and O–H groups in total. The van der Waals surface area contributed by atoms with Gasteiger partial charge >= 0.3 is 5.97 Å². The molecule has 0 aromatic heterocycles. The number of likely N-dealkylation sites (tertiary alicyclic amines) is 1. The lowest BCUT2D eigenvalue weighted by Crippen LogP contribution is -2.35. The molecule has 1 atom stereocenters. The molecule has 1 heterocycles. The first-order valence-corrected chi connectivity index (χ1v) is 5.82. The van der Waals surface area contributed by atoms with E-state index in [2.05, 4.69) is 15.0 Å². The van der Waals surface area contributed by atoms with Crippen molar-refractivity contribution in [3.8, 4) is 0 Å². The predicted octanol–water partition coefficient (Wildman–Crippen LogP) is 0.452. The summed E-state index contributed by atoms with van der Waals surface area (Å²) in [7, 11) is 1.35. The first-order valence-electron chi connectivity index (χ1n) is 5.39. The molecule has 0 amide bonds. The number of ether oxygens (including phenoxy) is 1. The Balaban J connectivity index is 1.98. The van der Waals surface area contributed by atoms with E-state index in [1.54, 1.807) is 0 Å². The average Bonchev–Trinajstić information content (AvgIpc) is 2.75. The Bertz CT molecular complexity index is 196. The summed E-state index contributed by atoms with van der Waals surface area (Å²) in [5.74, 6) is -0.370. The molecule has 5 heteroatoms. The number of methoxy groups -OCH3 is 1. The van der Waals surface area contributed by atoms with Crippen LogP contribution in [0.4, 0.5) is 0 Å². The highest BCUT2D eigenvalue weighted by Gasteiger charge is 2.15. The fourth-order valence-electron chi connectivity index (χ4n) is 1.68. The van der Waals surface area contributed by atoms with Crippen LogP contribution >= 0.6 is 11.6 Å². The maximum Gasteiger partial charge on any atom is 0.325 e. The number of alkyl halides is 1. The van der Waals surface area contributed by atoms with Crippen molar-refractivity contribution < 1.29 is 9.53 Å². The average molecular weight is 235 g/mol. The third-order valence-electron chi connectivity index (χ3n) is 2.58. The highest BCUT2D eigenvalue weighted by atomic mass is 35.5. The summed E-state index contributed by atoms with van der Waals surface area (Å²) in [6.07, 6.45) is 2.61. The van der Waals surface area contributed by atoms with E-state index in [0.717, 1.165) is 13.1 Å². The summed E-state index contributed by atoms with van der Waals surface area (Å²) in [5, 5.41) is 2.58. The molecule has 1 rings (SSSR count). The fraction of sp³-hybridized carbons (Fsp3) is 0.900. The highest BCUT2D eigenvalue weighted by Crippen LogP contribution is 2.05. The summed E-state index contributed by atoms with van der Waals surface area (Å²) >= 11 is 5.78. The minimum Gasteiger partial charge on any atom is -0.468 e. The molecule has 0 radical (unpaired) electrons. The molecule has 0 saturated carbocycles. The lowest BCUT2D eigenvalue weighted by atomic mass is 10.4. The number of nitrogens with one attached hydrogen (secondary N) is 1. The van der Waals surface area contributed by atoms with Crippen LogP contribution < -0.4 is 5.32 Å². The van der Waals surface area contributed by atoms with Crippen LogP contribution in [0.25, 0.3) is 0 Å². The SMILES string of the molecule is COC(=O)C(Cl)CNCCN1CCCC1. The molecule has 4 nitrogen and oxygen atoms in total. The fourth-order valence-corrected chi connectivity index (χ4v) is 1.88. The lowest BCUT2D eigenvalue weighted by Gasteiger charge is -2.15. The molecule has 0 aromatic carbocycles. The predicted molar refractivity (Wildman–Crippen MR) is 60.2 cm³/mol. The van der Waals surface area contributed by atoms with Crippen LogP contribution in [0, 0.1) is 0 Å². The van der Waals surface area contributed by atoms with Crippen LogP contribution in [0.15, 0.2) is 0 Å². The molecule has 0 aromatic rings. The van der Waals surface area contributed by atoms with Crippen molar-refractivity contribution in [3.05, 3.63) is 0 Å². The van der Waals surface area contributed by atoms with E-state index in [1.807, 2.05) is 0 Å². The second kappa shape index (κ2) is 7.04. The standard InChI is InChI=1S/C10H19ClN2O2/c1-15-10(14)9(11)8-12-4-7-13-5-2-3-6-13/h9,12H,2-8H2,1H3. The van der Waals surface area contributed by atoms with Gasteiger partial charge in [-0.1, -0.05) is 0 Å². The first-order chi connectivity index (χ1) is 7.24. The zero-order chi connectivity index (χ0) is 11.1. The molecule has 0 aliphatic carbocycles. The van der Waals surface area contributed by atoms with Gasteiger partial charge in [0.15, 0.2) is 0 Å². The van der Waals surface area contributed by atoms with Gasteiger partial charge in [0, 0.05) is 19.6 Å². The van der Waals surface area contributed by atoms with Crippen molar-refractivity contribution in [2.75, 3.05) is 39.8 Å². The Labute approximate surface area is 95.9 Å². The summed E-state index contributed by atoms with van der Waals surface area (Å²) in [4.78, 5) is 13.4. The third kappa shape index (κ3) is 4.82. The van der Waals surface area contributed by atoms with Crippen molar-refractivity contribution in [1.82, 2.24) is 10.2 Å². The van der Waals surface area contributed by atoms with Gasteiger partial charge in [-0.3, -0.25) is 4.79 Å². The van der Waals surface area contributed by atoms with E-state index >= 15 is 0 Å². The van der Waals surface area contributed by atoms with E-state index in [-0.39, 0.29) is 5.97 Å². The van der Waals surface area contributed by atoms with Crippen LogP contribution in [-0.2, 0) is 9.53 Å². The second-order valence-electron chi connectivity index (χ2n) is 3.74. The largest absolute Gasteiger partial charge is 0.468 e. The number of halogens is 1. The van der Waals surface area contributed by atoms with Gasteiger partial charge in [0.2, 0.25) is 0 Å². The Kier molecular flexibility index (Phi) is 5.98.